The molecule has 3 aliphatic rings. The quantitative estimate of drug-likeness (QED) is 0.355. The Morgan fingerprint density at radius 3 is 2.24 bits per heavy atom. The molecule has 0 aliphatic heterocycles. The van der Waals surface area contributed by atoms with Crippen LogP contribution in [-0.4, -0.2) is 63.3 Å². The zero-order valence-electron chi connectivity index (χ0n) is 21.1. The van der Waals surface area contributed by atoms with E-state index in [4.69, 9.17) is 0 Å². The minimum atomic E-state index is -1.10. The monoisotopic (exact) mass is 468 g/mol. The maximum Gasteiger partial charge on any atom is 0.145 e. The largest absolute Gasteiger partial charge is 0.396 e. The van der Waals surface area contributed by atoms with Gasteiger partial charge in [0.15, 0.2) is 0 Å². The van der Waals surface area contributed by atoms with E-state index in [9.17, 15) is 30.3 Å². The van der Waals surface area contributed by atoms with Crippen LogP contribution in [0, 0.1) is 52.3 Å². The van der Waals surface area contributed by atoms with Crippen LogP contribution in [0.4, 0.5) is 0 Å². The van der Waals surface area contributed by atoms with Gasteiger partial charge < -0.3 is 25.5 Å². The molecule has 3 saturated carbocycles. The van der Waals surface area contributed by atoms with Crippen LogP contribution in [-0.2, 0) is 4.79 Å². The lowest BCUT2D eigenvalue weighted by Crippen LogP contribution is -2.61. The Balaban J connectivity index is 1.92. The maximum absolute atomic E-state index is 14.1. The van der Waals surface area contributed by atoms with Gasteiger partial charge in [-0.15, -0.1) is 0 Å². The number of rotatable bonds is 9. The molecule has 33 heavy (non-hydrogen) atoms. The minimum absolute atomic E-state index is 0.00954. The topological polar surface area (TPSA) is 118 Å². The van der Waals surface area contributed by atoms with Gasteiger partial charge in [0.05, 0.1) is 24.2 Å². The summed E-state index contributed by atoms with van der Waals surface area (Å²) >= 11 is 0. The lowest BCUT2D eigenvalue weighted by atomic mass is 9.49. The van der Waals surface area contributed by atoms with E-state index in [1.807, 2.05) is 0 Å². The molecule has 6 heteroatoms. The first-order chi connectivity index (χ1) is 15.5. The summed E-state index contributed by atoms with van der Waals surface area (Å²) in [6.45, 7) is 8.69. The summed E-state index contributed by atoms with van der Waals surface area (Å²) < 4.78 is 0. The van der Waals surface area contributed by atoms with E-state index in [0.29, 0.717) is 30.6 Å². The number of carbonyl (C=O) groups is 1. The Morgan fingerprint density at radius 1 is 0.970 bits per heavy atom. The second kappa shape index (κ2) is 10.6. The number of Topliss-reactive ketones (excluding diaryl/α,β-unsaturated/α-hetero) is 1. The fourth-order valence-corrected chi connectivity index (χ4v) is 8.30. The van der Waals surface area contributed by atoms with Gasteiger partial charge in [-0.2, -0.15) is 0 Å². The second-order valence-electron chi connectivity index (χ2n) is 12.4. The Bertz CT molecular complexity index is 667. The third kappa shape index (κ3) is 4.80. The Morgan fingerprint density at radius 2 is 1.67 bits per heavy atom. The number of hydrogen-bond acceptors (Lipinski definition) is 6. The summed E-state index contributed by atoms with van der Waals surface area (Å²) in [5, 5.41) is 51.5. The highest BCUT2D eigenvalue weighted by molar-refractivity contribution is 5.89. The van der Waals surface area contributed by atoms with Crippen LogP contribution < -0.4 is 0 Å². The van der Waals surface area contributed by atoms with Gasteiger partial charge >= 0.3 is 0 Å². The van der Waals surface area contributed by atoms with Crippen molar-refractivity contribution in [1.29, 1.82) is 0 Å². The third-order valence-corrected chi connectivity index (χ3v) is 10.2. The van der Waals surface area contributed by atoms with Crippen molar-refractivity contribution < 1.29 is 30.3 Å². The fraction of sp³-hybridized carbons (Fsp3) is 0.963. The van der Waals surface area contributed by atoms with Gasteiger partial charge in [0.25, 0.3) is 0 Å². The molecule has 3 fully saturated rings. The first-order valence-corrected chi connectivity index (χ1v) is 13.3. The highest BCUT2D eigenvalue weighted by Crippen LogP contribution is 2.61. The molecule has 0 bridgehead atoms. The standard InChI is InChI=1S/C27H48O6/c1-16(2)5-6-17(3)20-7-8-21(26(20,4)9-10-28)19-11-18(14-29)22-12-23(31)24(32)13-27(22,15-30)25(19)33/h16-24,28-32H,5-15H2,1-4H3. The van der Waals surface area contributed by atoms with Crippen LogP contribution in [0.15, 0.2) is 0 Å². The summed E-state index contributed by atoms with van der Waals surface area (Å²) in [6, 6.07) is 0. The molecule has 0 amide bonds. The summed E-state index contributed by atoms with van der Waals surface area (Å²) in [7, 11) is 0. The van der Waals surface area contributed by atoms with E-state index in [-0.39, 0.29) is 67.5 Å². The first kappa shape index (κ1) is 27.1. The number of ketones is 1. The van der Waals surface area contributed by atoms with Gasteiger partial charge in [-0.3, -0.25) is 4.79 Å². The van der Waals surface area contributed by atoms with Crippen molar-refractivity contribution >= 4 is 5.78 Å². The molecule has 3 aliphatic carbocycles. The fourth-order valence-electron chi connectivity index (χ4n) is 8.30. The number of fused-ring (bicyclic) bond motifs is 1. The second-order valence-corrected chi connectivity index (χ2v) is 12.4. The van der Waals surface area contributed by atoms with Crippen molar-refractivity contribution in [3.8, 4) is 0 Å². The van der Waals surface area contributed by atoms with E-state index < -0.39 is 17.6 Å². The van der Waals surface area contributed by atoms with Crippen molar-refractivity contribution in [3.05, 3.63) is 0 Å². The van der Waals surface area contributed by atoms with Gasteiger partial charge in [0.1, 0.15) is 5.78 Å². The first-order valence-electron chi connectivity index (χ1n) is 13.3. The molecule has 0 saturated heterocycles. The van der Waals surface area contributed by atoms with Crippen LogP contribution in [0.5, 0.6) is 0 Å². The smallest absolute Gasteiger partial charge is 0.145 e. The SMILES string of the molecule is CC(C)CCC(C)C1CCC(C2CC(CO)C3CC(O)C(O)CC3(CO)C2=O)C1(C)CCO. The van der Waals surface area contributed by atoms with Crippen LogP contribution in [0.3, 0.4) is 0 Å². The van der Waals surface area contributed by atoms with Gasteiger partial charge in [-0.25, -0.2) is 0 Å². The summed E-state index contributed by atoms with van der Waals surface area (Å²) in [5.41, 5.74) is -1.28. The Hall–Kier alpha value is -0.530. The van der Waals surface area contributed by atoms with Crippen molar-refractivity contribution in [2.45, 2.75) is 91.3 Å². The molecule has 0 aromatic heterocycles. The predicted molar refractivity (Wildman–Crippen MR) is 127 cm³/mol. The number of hydrogen-bond donors (Lipinski definition) is 5. The van der Waals surface area contributed by atoms with E-state index in [0.717, 1.165) is 19.3 Å². The zero-order valence-corrected chi connectivity index (χ0v) is 21.1. The number of carbonyl (C=O) groups excluding carboxylic acids is 1. The van der Waals surface area contributed by atoms with Crippen LogP contribution in [0.1, 0.15) is 79.1 Å². The molecule has 5 N–H and O–H groups in total. The van der Waals surface area contributed by atoms with Gasteiger partial charge in [0.2, 0.25) is 0 Å². The van der Waals surface area contributed by atoms with Crippen LogP contribution in [0.25, 0.3) is 0 Å². The Kier molecular flexibility index (Phi) is 8.70. The van der Waals surface area contributed by atoms with Crippen molar-refractivity contribution in [2.75, 3.05) is 19.8 Å². The third-order valence-electron chi connectivity index (χ3n) is 10.2. The molecule has 0 heterocycles. The lowest BCUT2D eigenvalue weighted by molar-refractivity contribution is -0.177. The Labute approximate surface area is 199 Å². The number of aliphatic hydroxyl groups is 5. The van der Waals surface area contributed by atoms with E-state index in [2.05, 4.69) is 27.7 Å². The van der Waals surface area contributed by atoms with Gasteiger partial charge in [-0.05, 0) is 79.4 Å². The maximum atomic E-state index is 14.1. The van der Waals surface area contributed by atoms with Gasteiger partial charge in [0, 0.05) is 19.1 Å². The molecule has 0 radical (unpaired) electrons. The molecule has 0 aromatic carbocycles. The molecule has 192 valence electrons. The van der Waals surface area contributed by atoms with Crippen molar-refractivity contribution in [2.24, 2.45) is 52.3 Å². The van der Waals surface area contributed by atoms with E-state index >= 15 is 0 Å². The molecular formula is C27H48O6. The normalized spacial score (nSPS) is 44.8. The highest BCUT2D eigenvalue weighted by Gasteiger charge is 2.62. The average Bonchev–Trinajstić information content (AvgIpc) is 3.10. The summed E-state index contributed by atoms with van der Waals surface area (Å²) in [4.78, 5) is 14.1. The summed E-state index contributed by atoms with van der Waals surface area (Å²) in [6.07, 6.45) is 3.80. The molecule has 6 nitrogen and oxygen atoms in total. The zero-order chi connectivity index (χ0) is 24.6. The highest BCUT2D eigenvalue weighted by atomic mass is 16.3. The van der Waals surface area contributed by atoms with E-state index in [1.54, 1.807) is 0 Å². The van der Waals surface area contributed by atoms with Crippen molar-refractivity contribution in [1.82, 2.24) is 0 Å². The van der Waals surface area contributed by atoms with E-state index in [1.165, 1.54) is 6.42 Å². The molecule has 0 spiro atoms. The lowest BCUT2D eigenvalue weighted by Gasteiger charge is -2.55. The van der Waals surface area contributed by atoms with Crippen molar-refractivity contribution in [3.63, 3.8) is 0 Å². The number of aliphatic hydroxyl groups excluding tert-OH is 5. The molecule has 0 aromatic rings. The van der Waals surface area contributed by atoms with Crippen LogP contribution >= 0.6 is 0 Å². The van der Waals surface area contributed by atoms with Crippen LogP contribution in [0.2, 0.25) is 0 Å². The average molecular weight is 469 g/mol. The molecular weight excluding hydrogens is 420 g/mol. The predicted octanol–water partition coefficient (Wildman–Crippen LogP) is 2.78. The molecule has 10 atom stereocenters. The molecule has 10 unspecified atom stereocenters. The minimum Gasteiger partial charge on any atom is -0.396 e. The van der Waals surface area contributed by atoms with Gasteiger partial charge in [-0.1, -0.05) is 40.5 Å². The summed E-state index contributed by atoms with van der Waals surface area (Å²) in [5.74, 6) is 0.878. The molecule has 3 rings (SSSR count).